The smallest absolute Gasteiger partial charge is 0.411 e. The molecular formula is C24H23ClN2O2. The first-order valence-corrected chi connectivity index (χ1v) is 10.1. The lowest BCUT2D eigenvalue weighted by molar-refractivity contribution is 0.155. The van der Waals surface area contributed by atoms with E-state index in [4.69, 9.17) is 22.1 Å². The third-order valence-corrected chi connectivity index (χ3v) is 5.43. The van der Waals surface area contributed by atoms with Crippen LogP contribution in [0.3, 0.4) is 0 Å². The Bertz CT molecular complexity index is 1010. The first-order valence-electron chi connectivity index (χ1n) is 9.69. The summed E-state index contributed by atoms with van der Waals surface area (Å²) < 4.78 is 5.30. The van der Waals surface area contributed by atoms with Crippen LogP contribution in [0, 0.1) is 0 Å². The van der Waals surface area contributed by atoms with Crippen molar-refractivity contribution in [3.63, 3.8) is 0 Å². The number of benzene rings is 3. The first-order chi connectivity index (χ1) is 14.1. The maximum atomic E-state index is 12.2. The molecule has 5 heteroatoms. The number of hydrogen-bond donors (Lipinski definition) is 2. The number of ether oxygens (including phenoxy) is 1. The molecule has 0 aliphatic heterocycles. The fourth-order valence-corrected chi connectivity index (χ4v) is 3.90. The summed E-state index contributed by atoms with van der Waals surface area (Å²) in [7, 11) is 0. The van der Waals surface area contributed by atoms with E-state index in [0.29, 0.717) is 29.1 Å². The van der Waals surface area contributed by atoms with Gasteiger partial charge in [0.05, 0.1) is 0 Å². The minimum atomic E-state index is -0.495. The van der Waals surface area contributed by atoms with Gasteiger partial charge in [0.1, 0.15) is 6.61 Å². The Labute approximate surface area is 175 Å². The Morgan fingerprint density at radius 3 is 2.52 bits per heavy atom. The Balaban J connectivity index is 1.41. The summed E-state index contributed by atoms with van der Waals surface area (Å²) in [5.74, 6) is 0.848. The van der Waals surface area contributed by atoms with E-state index in [1.54, 1.807) is 6.07 Å². The van der Waals surface area contributed by atoms with Crippen LogP contribution in [0.15, 0.2) is 72.8 Å². The van der Waals surface area contributed by atoms with Crippen LogP contribution in [0.5, 0.6) is 0 Å². The van der Waals surface area contributed by atoms with Crippen LogP contribution in [-0.2, 0) is 17.9 Å². The van der Waals surface area contributed by atoms with E-state index in [0.717, 1.165) is 23.1 Å². The lowest BCUT2D eigenvalue weighted by Gasteiger charge is -2.10. The molecule has 1 aliphatic rings. The molecule has 0 spiro atoms. The summed E-state index contributed by atoms with van der Waals surface area (Å²) in [6, 6.07) is 23.7. The molecule has 4 nitrogen and oxygen atoms in total. The van der Waals surface area contributed by atoms with Gasteiger partial charge in [-0.3, -0.25) is 5.32 Å². The van der Waals surface area contributed by atoms with Gasteiger partial charge in [0.25, 0.3) is 0 Å². The predicted molar refractivity (Wildman–Crippen MR) is 116 cm³/mol. The number of rotatable bonds is 6. The van der Waals surface area contributed by atoms with Gasteiger partial charge in [-0.15, -0.1) is 0 Å². The monoisotopic (exact) mass is 406 g/mol. The van der Waals surface area contributed by atoms with E-state index in [2.05, 4.69) is 23.5 Å². The molecule has 3 aromatic rings. The molecule has 0 aromatic heterocycles. The van der Waals surface area contributed by atoms with Gasteiger partial charge in [-0.05, 0) is 58.7 Å². The lowest BCUT2D eigenvalue weighted by Crippen LogP contribution is -2.13. The van der Waals surface area contributed by atoms with Gasteiger partial charge in [-0.1, -0.05) is 66.2 Å². The second kappa shape index (κ2) is 8.68. The van der Waals surface area contributed by atoms with Crippen LogP contribution in [0.1, 0.15) is 40.5 Å². The van der Waals surface area contributed by atoms with Gasteiger partial charge in [0.15, 0.2) is 0 Å². The summed E-state index contributed by atoms with van der Waals surface area (Å²) in [5, 5.41) is 3.39. The fraction of sp³-hybridized carbons (Fsp3) is 0.208. The molecule has 3 N–H and O–H groups in total. The largest absolute Gasteiger partial charge is 0.444 e. The van der Waals surface area contributed by atoms with Gasteiger partial charge in [-0.25, -0.2) is 4.79 Å². The highest BCUT2D eigenvalue weighted by Gasteiger charge is 2.39. The Morgan fingerprint density at radius 1 is 0.966 bits per heavy atom. The number of carbonyl (C=O) groups excluding carboxylic acids is 1. The van der Waals surface area contributed by atoms with Crippen LogP contribution >= 0.6 is 11.6 Å². The van der Waals surface area contributed by atoms with Gasteiger partial charge in [0, 0.05) is 17.3 Å². The molecule has 3 aromatic carbocycles. The quantitative estimate of drug-likeness (QED) is 0.542. The molecule has 148 valence electrons. The number of nitrogens with two attached hydrogens (primary N) is 1. The van der Waals surface area contributed by atoms with Crippen molar-refractivity contribution in [1.29, 1.82) is 0 Å². The molecule has 0 radical (unpaired) electrons. The second-order valence-corrected chi connectivity index (χ2v) is 7.79. The van der Waals surface area contributed by atoms with E-state index >= 15 is 0 Å². The van der Waals surface area contributed by atoms with Gasteiger partial charge in [-0.2, -0.15) is 0 Å². The standard InChI is InChI=1S/C24H23ClN2O2/c25-20-10-19(23-13-22(23)18-8-4-7-17(9-18)14-26)11-21(12-20)27-24(28)29-15-16-5-2-1-3-6-16/h1-12,22-23H,13-15,26H2,(H,27,28)/t22-,23-/m1/s1. The van der Waals surface area contributed by atoms with E-state index in [1.807, 2.05) is 48.5 Å². The number of halogens is 1. The second-order valence-electron chi connectivity index (χ2n) is 7.36. The minimum absolute atomic E-state index is 0.224. The number of nitrogens with one attached hydrogen (secondary N) is 1. The van der Waals surface area contributed by atoms with Crippen LogP contribution in [0.4, 0.5) is 10.5 Å². The normalized spacial score (nSPS) is 17.6. The molecule has 1 aliphatic carbocycles. The minimum Gasteiger partial charge on any atom is -0.444 e. The van der Waals surface area contributed by atoms with E-state index < -0.39 is 6.09 Å². The van der Waals surface area contributed by atoms with E-state index in [9.17, 15) is 4.79 Å². The predicted octanol–water partition coefficient (Wildman–Crippen LogP) is 5.82. The molecule has 2 atom stereocenters. The highest BCUT2D eigenvalue weighted by atomic mass is 35.5. The average molecular weight is 407 g/mol. The van der Waals surface area contributed by atoms with Crippen LogP contribution in [-0.4, -0.2) is 6.09 Å². The Hall–Kier alpha value is -2.82. The van der Waals surface area contributed by atoms with Crippen molar-refractivity contribution in [2.75, 3.05) is 5.32 Å². The molecule has 0 unspecified atom stereocenters. The molecule has 29 heavy (non-hydrogen) atoms. The van der Waals surface area contributed by atoms with Crippen molar-refractivity contribution in [2.24, 2.45) is 5.73 Å². The molecule has 0 bridgehead atoms. The van der Waals surface area contributed by atoms with Crippen LogP contribution < -0.4 is 11.1 Å². The molecule has 1 amide bonds. The summed E-state index contributed by atoms with van der Waals surface area (Å²) in [5.41, 5.74) is 10.9. The van der Waals surface area contributed by atoms with Gasteiger partial charge < -0.3 is 10.5 Å². The van der Waals surface area contributed by atoms with Crippen LogP contribution in [0.25, 0.3) is 0 Å². The number of anilines is 1. The zero-order valence-electron chi connectivity index (χ0n) is 16.0. The molecule has 4 rings (SSSR count). The SMILES string of the molecule is NCc1cccc([C@H]2C[C@@H]2c2cc(Cl)cc(NC(=O)OCc3ccccc3)c2)c1. The highest BCUT2D eigenvalue weighted by molar-refractivity contribution is 6.31. The number of carbonyl (C=O) groups is 1. The van der Waals surface area contributed by atoms with Crippen molar-refractivity contribution >= 4 is 23.4 Å². The summed E-state index contributed by atoms with van der Waals surface area (Å²) >= 11 is 6.31. The zero-order valence-corrected chi connectivity index (χ0v) is 16.7. The van der Waals surface area contributed by atoms with E-state index in [1.165, 1.54) is 5.56 Å². The summed E-state index contributed by atoms with van der Waals surface area (Å²) in [4.78, 5) is 12.2. The molecule has 0 heterocycles. The van der Waals surface area contributed by atoms with Crippen molar-refractivity contribution in [3.05, 3.63) is 100 Å². The lowest BCUT2D eigenvalue weighted by atomic mass is 10.0. The number of hydrogen-bond acceptors (Lipinski definition) is 3. The van der Waals surface area contributed by atoms with Crippen molar-refractivity contribution < 1.29 is 9.53 Å². The average Bonchev–Trinajstić information content (AvgIpc) is 3.54. The third-order valence-electron chi connectivity index (χ3n) is 5.21. The highest BCUT2D eigenvalue weighted by Crippen LogP contribution is 2.55. The molecule has 0 saturated heterocycles. The Kier molecular flexibility index (Phi) is 5.84. The van der Waals surface area contributed by atoms with Crippen molar-refractivity contribution in [3.8, 4) is 0 Å². The fourth-order valence-electron chi connectivity index (χ4n) is 3.66. The van der Waals surface area contributed by atoms with Crippen LogP contribution in [0.2, 0.25) is 5.02 Å². The molecule has 1 saturated carbocycles. The maximum absolute atomic E-state index is 12.2. The summed E-state index contributed by atoms with van der Waals surface area (Å²) in [6.45, 7) is 0.768. The third kappa shape index (κ3) is 4.97. The van der Waals surface area contributed by atoms with Gasteiger partial charge in [0.2, 0.25) is 0 Å². The Morgan fingerprint density at radius 2 is 1.72 bits per heavy atom. The number of amides is 1. The summed E-state index contributed by atoms with van der Waals surface area (Å²) in [6.07, 6.45) is 0.566. The van der Waals surface area contributed by atoms with Gasteiger partial charge >= 0.3 is 6.09 Å². The van der Waals surface area contributed by atoms with Crippen molar-refractivity contribution in [2.45, 2.75) is 31.4 Å². The first kappa shape index (κ1) is 19.5. The maximum Gasteiger partial charge on any atom is 0.411 e. The zero-order chi connectivity index (χ0) is 20.2. The topological polar surface area (TPSA) is 64.3 Å². The van der Waals surface area contributed by atoms with E-state index in [-0.39, 0.29) is 6.61 Å². The molecule has 1 fully saturated rings. The molecular weight excluding hydrogens is 384 g/mol. The van der Waals surface area contributed by atoms with Crippen molar-refractivity contribution in [1.82, 2.24) is 0 Å².